The molecule has 1 aliphatic rings. The lowest BCUT2D eigenvalue weighted by atomic mass is 10.2. The van der Waals surface area contributed by atoms with Crippen molar-refractivity contribution in [3.63, 3.8) is 0 Å². The third kappa shape index (κ3) is 3.98. The fourth-order valence-corrected chi connectivity index (χ4v) is 1.75. The van der Waals surface area contributed by atoms with Crippen LogP contribution in [0.25, 0.3) is 0 Å². The van der Waals surface area contributed by atoms with E-state index in [-0.39, 0.29) is 11.9 Å². The summed E-state index contributed by atoms with van der Waals surface area (Å²) >= 11 is 0. The van der Waals surface area contributed by atoms with Crippen molar-refractivity contribution in [1.29, 1.82) is 0 Å². The Morgan fingerprint density at radius 3 is 2.35 bits per heavy atom. The topological polar surface area (TPSA) is 67.9 Å². The molecule has 98 valence electrons. The number of hydrogen-bond donors (Lipinski definition) is 1. The molecule has 17 heavy (non-hydrogen) atoms. The van der Waals surface area contributed by atoms with Gasteiger partial charge in [-0.15, -0.1) is 0 Å². The number of morpholine rings is 1. The molecule has 0 spiro atoms. The molecule has 1 aliphatic heterocycles. The van der Waals surface area contributed by atoms with Gasteiger partial charge in [-0.25, -0.2) is 0 Å². The zero-order chi connectivity index (χ0) is 12.8. The molecule has 1 N–H and O–H groups in total. The Balaban J connectivity index is 2.43. The Hall–Kier alpha value is -1.14. The first-order valence-corrected chi connectivity index (χ1v) is 5.76. The van der Waals surface area contributed by atoms with Gasteiger partial charge >= 0.3 is 5.97 Å². The molecule has 2 unspecified atom stereocenters. The van der Waals surface area contributed by atoms with E-state index >= 15 is 0 Å². The molecule has 0 saturated carbocycles. The minimum absolute atomic E-state index is 0.0101. The van der Waals surface area contributed by atoms with Crippen molar-refractivity contribution in [3.8, 4) is 0 Å². The number of carbonyl (C=O) groups is 2. The van der Waals surface area contributed by atoms with Gasteiger partial charge < -0.3 is 14.4 Å². The minimum Gasteiger partial charge on any atom is -0.468 e. The molecule has 1 saturated heterocycles. The van der Waals surface area contributed by atoms with Crippen molar-refractivity contribution < 1.29 is 19.1 Å². The second kappa shape index (κ2) is 6.56. The van der Waals surface area contributed by atoms with E-state index in [0.29, 0.717) is 26.3 Å². The number of hydrogen-bond acceptors (Lipinski definition) is 5. The van der Waals surface area contributed by atoms with Gasteiger partial charge in [-0.2, -0.15) is 0 Å². The summed E-state index contributed by atoms with van der Waals surface area (Å²) in [5.41, 5.74) is 0. The molecule has 1 heterocycles. The van der Waals surface area contributed by atoms with Gasteiger partial charge in [0.25, 0.3) is 0 Å². The van der Waals surface area contributed by atoms with Crippen LogP contribution in [0.1, 0.15) is 13.8 Å². The highest BCUT2D eigenvalue weighted by Gasteiger charge is 2.25. The first kappa shape index (κ1) is 13.9. The van der Waals surface area contributed by atoms with Crippen LogP contribution in [0, 0.1) is 0 Å². The maximum absolute atomic E-state index is 12.0. The van der Waals surface area contributed by atoms with Crippen LogP contribution in [-0.4, -0.2) is 62.3 Å². The number of methoxy groups -OCH3 is 1. The molecule has 1 fully saturated rings. The first-order chi connectivity index (χ1) is 8.06. The van der Waals surface area contributed by atoms with Crippen molar-refractivity contribution in [1.82, 2.24) is 10.2 Å². The minimum atomic E-state index is -0.486. The molecule has 2 atom stereocenters. The molecule has 6 heteroatoms. The summed E-state index contributed by atoms with van der Waals surface area (Å²) in [4.78, 5) is 25.0. The summed E-state index contributed by atoms with van der Waals surface area (Å²) in [5, 5.41) is 2.92. The molecule has 1 rings (SSSR count). The average Bonchev–Trinajstić information content (AvgIpc) is 2.37. The van der Waals surface area contributed by atoms with Crippen LogP contribution in [-0.2, 0) is 19.1 Å². The van der Waals surface area contributed by atoms with E-state index in [1.165, 1.54) is 7.11 Å². The molecule has 0 radical (unpaired) electrons. The van der Waals surface area contributed by atoms with Gasteiger partial charge in [0.05, 0.1) is 26.4 Å². The standard InChI is InChI=1S/C11H20N2O4/c1-8(12-9(2)11(15)16-3)10(14)13-4-6-17-7-5-13/h8-9,12H,4-7H2,1-3H3. The Morgan fingerprint density at radius 2 is 1.82 bits per heavy atom. The quantitative estimate of drug-likeness (QED) is 0.668. The van der Waals surface area contributed by atoms with Gasteiger partial charge in [0.15, 0.2) is 0 Å². The zero-order valence-corrected chi connectivity index (χ0v) is 10.6. The largest absolute Gasteiger partial charge is 0.468 e. The summed E-state index contributed by atoms with van der Waals surface area (Å²) in [6, 6.07) is -0.887. The Kier molecular flexibility index (Phi) is 5.37. The summed E-state index contributed by atoms with van der Waals surface area (Å²) in [6.07, 6.45) is 0. The highest BCUT2D eigenvalue weighted by molar-refractivity contribution is 5.83. The first-order valence-electron chi connectivity index (χ1n) is 5.76. The summed E-state index contributed by atoms with van der Waals surface area (Å²) in [6.45, 7) is 5.79. The maximum Gasteiger partial charge on any atom is 0.322 e. The predicted octanol–water partition coefficient (Wildman–Crippen LogP) is -0.615. The van der Waals surface area contributed by atoms with Crippen molar-refractivity contribution in [2.75, 3.05) is 33.4 Å². The molecule has 0 aromatic rings. The molecular formula is C11H20N2O4. The molecule has 0 aromatic heterocycles. The smallest absolute Gasteiger partial charge is 0.322 e. The SMILES string of the molecule is COC(=O)C(C)NC(C)C(=O)N1CCOCC1. The molecule has 0 aliphatic carbocycles. The average molecular weight is 244 g/mol. The number of nitrogens with one attached hydrogen (secondary N) is 1. The second-order valence-electron chi connectivity index (χ2n) is 4.07. The van der Waals surface area contributed by atoms with Gasteiger partial charge in [0.2, 0.25) is 5.91 Å². The molecular weight excluding hydrogens is 224 g/mol. The third-order valence-corrected chi connectivity index (χ3v) is 2.75. The lowest BCUT2D eigenvalue weighted by Crippen LogP contribution is -2.52. The number of carbonyl (C=O) groups excluding carboxylic acids is 2. The summed E-state index contributed by atoms with van der Waals surface area (Å²) < 4.78 is 9.77. The predicted molar refractivity (Wildman–Crippen MR) is 61.5 cm³/mol. The molecule has 6 nitrogen and oxygen atoms in total. The number of amides is 1. The molecule has 1 amide bonds. The van der Waals surface area contributed by atoms with Crippen molar-refractivity contribution in [2.45, 2.75) is 25.9 Å². The van der Waals surface area contributed by atoms with Crippen LogP contribution in [0.15, 0.2) is 0 Å². The van der Waals surface area contributed by atoms with Crippen LogP contribution in [0.4, 0.5) is 0 Å². The van der Waals surface area contributed by atoms with Gasteiger partial charge in [-0.1, -0.05) is 0 Å². The van der Waals surface area contributed by atoms with Gasteiger partial charge in [0.1, 0.15) is 6.04 Å². The maximum atomic E-state index is 12.0. The van der Waals surface area contributed by atoms with Crippen LogP contribution in [0.5, 0.6) is 0 Å². The van der Waals surface area contributed by atoms with Crippen LogP contribution >= 0.6 is 0 Å². The number of ether oxygens (including phenoxy) is 2. The molecule has 0 bridgehead atoms. The zero-order valence-electron chi connectivity index (χ0n) is 10.6. The van der Waals surface area contributed by atoms with E-state index in [4.69, 9.17) is 4.74 Å². The number of rotatable bonds is 4. The van der Waals surface area contributed by atoms with Gasteiger partial charge in [0, 0.05) is 13.1 Å². The van der Waals surface area contributed by atoms with E-state index in [1.54, 1.807) is 18.7 Å². The normalized spacial score (nSPS) is 19.6. The molecule has 0 aromatic carbocycles. The van der Waals surface area contributed by atoms with Crippen molar-refractivity contribution in [2.24, 2.45) is 0 Å². The van der Waals surface area contributed by atoms with E-state index in [0.717, 1.165) is 0 Å². The fourth-order valence-electron chi connectivity index (χ4n) is 1.75. The lowest BCUT2D eigenvalue weighted by molar-refractivity contribution is -0.143. The summed E-state index contributed by atoms with van der Waals surface area (Å²) in [5.74, 6) is -0.379. The fraction of sp³-hybridized carbons (Fsp3) is 0.818. The number of nitrogens with zero attached hydrogens (tertiary/aromatic N) is 1. The van der Waals surface area contributed by atoms with E-state index in [9.17, 15) is 9.59 Å². The van der Waals surface area contributed by atoms with E-state index in [2.05, 4.69) is 10.1 Å². The monoisotopic (exact) mass is 244 g/mol. The number of esters is 1. The van der Waals surface area contributed by atoms with Crippen LogP contribution in [0.3, 0.4) is 0 Å². The van der Waals surface area contributed by atoms with Crippen LogP contribution in [0.2, 0.25) is 0 Å². The van der Waals surface area contributed by atoms with E-state index in [1.807, 2.05) is 0 Å². The van der Waals surface area contributed by atoms with Gasteiger partial charge in [-0.3, -0.25) is 14.9 Å². The van der Waals surface area contributed by atoms with Crippen LogP contribution < -0.4 is 5.32 Å². The van der Waals surface area contributed by atoms with Crippen molar-refractivity contribution in [3.05, 3.63) is 0 Å². The lowest BCUT2D eigenvalue weighted by Gasteiger charge is -2.30. The highest BCUT2D eigenvalue weighted by atomic mass is 16.5. The Bertz CT molecular complexity index is 277. The van der Waals surface area contributed by atoms with Crippen molar-refractivity contribution >= 4 is 11.9 Å². The highest BCUT2D eigenvalue weighted by Crippen LogP contribution is 2.01. The van der Waals surface area contributed by atoms with E-state index < -0.39 is 12.1 Å². The van der Waals surface area contributed by atoms with Gasteiger partial charge in [-0.05, 0) is 13.8 Å². The summed E-state index contributed by atoms with van der Waals surface area (Å²) in [7, 11) is 1.33. The Labute approximate surface area is 101 Å². The second-order valence-corrected chi connectivity index (χ2v) is 4.07. The third-order valence-electron chi connectivity index (χ3n) is 2.75. The Morgan fingerprint density at radius 1 is 1.24 bits per heavy atom.